The van der Waals surface area contributed by atoms with Crippen LogP contribution in [-0.4, -0.2) is 49.7 Å². The summed E-state index contributed by atoms with van der Waals surface area (Å²) in [6, 6.07) is 14.4. The number of anilines is 1. The van der Waals surface area contributed by atoms with Gasteiger partial charge in [0.15, 0.2) is 0 Å². The van der Waals surface area contributed by atoms with Gasteiger partial charge in [0.1, 0.15) is 11.5 Å². The SMILES string of the molecule is CN(C)C(=O)O/N=C1\C2=C(c3ccccc31)c1cc(Br)ccc1N1CCN=C21. The number of oxime groups is 1. The van der Waals surface area contributed by atoms with Crippen LogP contribution in [-0.2, 0) is 4.84 Å². The molecule has 0 atom stereocenters. The van der Waals surface area contributed by atoms with Crippen LogP contribution in [0.3, 0.4) is 0 Å². The zero-order chi connectivity index (χ0) is 19.4. The molecule has 1 aliphatic carbocycles. The van der Waals surface area contributed by atoms with Crippen molar-refractivity contribution in [3.63, 3.8) is 0 Å². The molecule has 0 radical (unpaired) electrons. The lowest BCUT2D eigenvalue weighted by molar-refractivity contribution is 0.122. The highest BCUT2D eigenvalue weighted by molar-refractivity contribution is 9.10. The molecule has 2 aromatic carbocycles. The van der Waals surface area contributed by atoms with Crippen molar-refractivity contribution in [2.24, 2.45) is 10.1 Å². The van der Waals surface area contributed by atoms with Crippen molar-refractivity contribution in [2.75, 3.05) is 32.1 Å². The minimum Gasteiger partial charge on any atom is -0.324 e. The molecule has 3 aliphatic rings. The van der Waals surface area contributed by atoms with Crippen LogP contribution in [0.25, 0.3) is 5.57 Å². The first-order valence-corrected chi connectivity index (χ1v) is 9.78. The highest BCUT2D eigenvalue weighted by atomic mass is 79.9. The summed E-state index contributed by atoms with van der Waals surface area (Å²) in [6.45, 7) is 1.55. The van der Waals surface area contributed by atoms with Gasteiger partial charge in [-0.2, -0.15) is 0 Å². The number of nitrogens with zero attached hydrogens (tertiary/aromatic N) is 4. The van der Waals surface area contributed by atoms with Crippen LogP contribution >= 0.6 is 15.9 Å². The summed E-state index contributed by atoms with van der Waals surface area (Å²) in [5.41, 5.74) is 6.95. The maximum Gasteiger partial charge on any atom is 0.435 e. The first kappa shape index (κ1) is 17.2. The van der Waals surface area contributed by atoms with Crippen molar-refractivity contribution >= 4 is 44.8 Å². The Bertz CT molecular complexity index is 1120. The molecule has 1 amide bonds. The number of hydrogen-bond acceptors (Lipinski definition) is 5. The van der Waals surface area contributed by atoms with Gasteiger partial charge < -0.3 is 9.80 Å². The highest BCUT2D eigenvalue weighted by Gasteiger charge is 2.41. The summed E-state index contributed by atoms with van der Waals surface area (Å²) in [4.78, 5) is 25.5. The van der Waals surface area contributed by atoms with Crippen molar-refractivity contribution in [1.29, 1.82) is 0 Å². The van der Waals surface area contributed by atoms with Crippen LogP contribution < -0.4 is 4.90 Å². The quantitative estimate of drug-likeness (QED) is 0.503. The van der Waals surface area contributed by atoms with E-state index in [0.29, 0.717) is 5.71 Å². The summed E-state index contributed by atoms with van der Waals surface area (Å²) in [5.74, 6) is 0.890. The predicted octanol–water partition coefficient (Wildman–Crippen LogP) is 3.90. The third kappa shape index (κ3) is 2.43. The molecule has 2 aromatic rings. The number of rotatable bonds is 1. The Kier molecular flexibility index (Phi) is 3.87. The topological polar surface area (TPSA) is 57.5 Å². The van der Waals surface area contributed by atoms with E-state index >= 15 is 0 Å². The lowest BCUT2D eigenvalue weighted by Crippen LogP contribution is -2.34. The number of aliphatic imine (C=N–C) groups is 1. The first-order valence-electron chi connectivity index (χ1n) is 8.99. The Hall–Kier alpha value is -2.93. The van der Waals surface area contributed by atoms with E-state index in [0.717, 1.165) is 56.9 Å². The molecule has 0 bridgehead atoms. The predicted molar refractivity (Wildman–Crippen MR) is 113 cm³/mol. The van der Waals surface area contributed by atoms with Gasteiger partial charge in [-0.05, 0) is 23.8 Å². The fourth-order valence-electron chi connectivity index (χ4n) is 3.89. The maximum atomic E-state index is 12.0. The maximum absolute atomic E-state index is 12.0. The second kappa shape index (κ2) is 6.31. The monoisotopic (exact) mass is 436 g/mol. The molecular formula is C21H17BrN4O2. The Balaban J connectivity index is 1.77. The number of benzene rings is 2. The number of carbonyl (C=O) groups excluding carboxylic acids is 1. The van der Waals surface area contributed by atoms with Crippen molar-refractivity contribution in [3.8, 4) is 0 Å². The Morgan fingerprint density at radius 2 is 1.93 bits per heavy atom. The molecule has 0 saturated heterocycles. The molecule has 0 fully saturated rings. The molecule has 0 aromatic heterocycles. The molecule has 0 unspecified atom stereocenters. The average Bonchev–Trinajstić information content (AvgIpc) is 3.29. The standard InChI is InChI=1S/C21H17BrN4O2/c1-25(2)21(27)28-24-19-14-6-4-3-5-13(14)17-15-11-12(22)7-8-16(15)26-10-9-23-20(26)18(17)19/h3-8,11H,9-10H2,1-2H3/b24-19-. The second-order valence-electron chi connectivity index (χ2n) is 7.01. The molecule has 2 aliphatic heterocycles. The number of carbonyl (C=O) groups is 1. The second-order valence-corrected chi connectivity index (χ2v) is 7.92. The van der Waals surface area contributed by atoms with Crippen molar-refractivity contribution < 1.29 is 9.63 Å². The van der Waals surface area contributed by atoms with E-state index in [1.165, 1.54) is 4.90 Å². The molecule has 28 heavy (non-hydrogen) atoms. The number of amides is 1. The minimum absolute atomic E-state index is 0.511. The van der Waals surface area contributed by atoms with E-state index in [4.69, 9.17) is 9.83 Å². The lowest BCUT2D eigenvalue weighted by Gasteiger charge is -2.30. The van der Waals surface area contributed by atoms with Gasteiger partial charge in [-0.15, -0.1) is 0 Å². The van der Waals surface area contributed by atoms with Crippen molar-refractivity contribution in [3.05, 3.63) is 69.2 Å². The van der Waals surface area contributed by atoms with Crippen molar-refractivity contribution in [1.82, 2.24) is 4.90 Å². The number of amidine groups is 1. The zero-order valence-electron chi connectivity index (χ0n) is 15.4. The fraction of sp³-hybridized carbons (Fsp3) is 0.190. The number of halogens is 1. The molecule has 7 heteroatoms. The molecule has 140 valence electrons. The smallest absolute Gasteiger partial charge is 0.324 e. The molecule has 5 rings (SSSR count). The Labute approximate surface area is 170 Å². The third-order valence-corrected chi connectivity index (χ3v) is 5.59. The summed E-state index contributed by atoms with van der Waals surface area (Å²) in [6.07, 6.45) is -0.511. The largest absolute Gasteiger partial charge is 0.435 e. The van der Waals surface area contributed by atoms with E-state index in [9.17, 15) is 4.79 Å². The van der Waals surface area contributed by atoms with E-state index in [1.54, 1.807) is 14.1 Å². The number of hydrogen-bond donors (Lipinski definition) is 0. The van der Waals surface area contributed by atoms with E-state index < -0.39 is 6.09 Å². The molecule has 0 spiro atoms. The molecule has 2 heterocycles. The average molecular weight is 437 g/mol. The first-order chi connectivity index (χ1) is 13.6. The van der Waals surface area contributed by atoms with Crippen LogP contribution in [0.4, 0.5) is 10.5 Å². The lowest BCUT2D eigenvalue weighted by atomic mass is 9.92. The minimum atomic E-state index is -0.511. The Morgan fingerprint density at radius 3 is 2.71 bits per heavy atom. The van der Waals surface area contributed by atoms with Crippen LogP contribution in [0.1, 0.15) is 16.7 Å². The van der Waals surface area contributed by atoms with Gasteiger partial charge in [-0.3, -0.25) is 9.83 Å². The van der Waals surface area contributed by atoms with Gasteiger partial charge in [0.05, 0.1) is 17.8 Å². The van der Waals surface area contributed by atoms with Gasteiger partial charge in [-0.25, -0.2) is 4.79 Å². The van der Waals surface area contributed by atoms with Crippen LogP contribution in [0.5, 0.6) is 0 Å². The van der Waals surface area contributed by atoms with Crippen LogP contribution in [0.2, 0.25) is 0 Å². The molecule has 0 N–H and O–H groups in total. The van der Waals surface area contributed by atoms with Gasteiger partial charge >= 0.3 is 6.09 Å². The zero-order valence-corrected chi connectivity index (χ0v) is 17.0. The van der Waals surface area contributed by atoms with Crippen LogP contribution in [0.15, 0.2) is 62.7 Å². The molecular weight excluding hydrogens is 420 g/mol. The van der Waals surface area contributed by atoms with E-state index in [-0.39, 0.29) is 0 Å². The molecule has 0 saturated carbocycles. The summed E-state index contributed by atoms with van der Waals surface area (Å²) in [7, 11) is 3.26. The number of fused-ring (bicyclic) bond motifs is 7. The molecule has 6 nitrogen and oxygen atoms in total. The normalized spacial score (nSPS) is 17.8. The van der Waals surface area contributed by atoms with Gasteiger partial charge in [0, 0.05) is 41.8 Å². The van der Waals surface area contributed by atoms with Gasteiger partial charge in [0.2, 0.25) is 0 Å². The van der Waals surface area contributed by atoms with E-state index in [2.05, 4.69) is 50.3 Å². The van der Waals surface area contributed by atoms with Gasteiger partial charge in [-0.1, -0.05) is 45.4 Å². The third-order valence-electron chi connectivity index (χ3n) is 5.10. The fourth-order valence-corrected chi connectivity index (χ4v) is 4.25. The summed E-state index contributed by atoms with van der Waals surface area (Å²) < 4.78 is 1.01. The summed E-state index contributed by atoms with van der Waals surface area (Å²) in [5, 5.41) is 4.27. The summed E-state index contributed by atoms with van der Waals surface area (Å²) >= 11 is 3.60. The van der Waals surface area contributed by atoms with Crippen molar-refractivity contribution in [2.45, 2.75) is 0 Å². The Morgan fingerprint density at radius 1 is 1.14 bits per heavy atom. The van der Waals surface area contributed by atoms with E-state index in [1.807, 2.05) is 18.2 Å². The highest BCUT2D eigenvalue weighted by Crippen LogP contribution is 2.47. The van der Waals surface area contributed by atoms with Crippen LogP contribution in [0, 0.1) is 0 Å². The van der Waals surface area contributed by atoms with Gasteiger partial charge in [0.25, 0.3) is 0 Å².